The lowest BCUT2D eigenvalue weighted by Crippen LogP contribution is -2.43. The Hall–Kier alpha value is -3.51. The van der Waals surface area contributed by atoms with E-state index in [0.29, 0.717) is 11.9 Å². The average molecular weight is 462 g/mol. The first kappa shape index (κ1) is 21.7. The second kappa shape index (κ2) is 8.55. The van der Waals surface area contributed by atoms with Crippen LogP contribution in [0.25, 0.3) is 31.9 Å². The van der Waals surface area contributed by atoms with Crippen LogP contribution in [0.5, 0.6) is 0 Å². The Labute approximate surface area is 183 Å². The van der Waals surface area contributed by atoms with Gasteiger partial charge in [-0.25, -0.2) is 14.8 Å². The lowest BCUT2D eigenvalue weighted by atomic mass is 10.1. The summed E-state index contributed by atoms with van der Waals surface area (Å²) in [5, 5.41) is 15.8. The Morgan fingerprint density at radius 1 is 1.22 bits per heavy atom. The zero-order valence-corrected chi connectivity index (χ0v) is 17.2. The molecule has 0 unspecified atom stereocenters. The predicted octanol–water partition coefficient (Wildman–Crippen LogP) is 3.58. The van der Waals surface area contributed by atoms with E-state index < -0.39 is 12.1 Å². The van der Waals surface area contributed by atoms with Crippen molar-refractivity contribution in [2.75, 3.05) is 18.8 Å². The monoisotopic (exact) mass is 462 g/mol. The third-order valence-electron chi connectivity index (χ3n) is 4.75. The van der Waals surface area contributed by atoms with Gasteiger partial charge in [-0.15, -0.1) is 11.3 Å². The van der Waals surface area contributed by atoms with Crippen molar-refractivity contribution in [2.45, 2.75) is 12.2 Å². The summed E-state index contributed by atoms with van der Waals surface area (Å²) >= 11 is 1.63. The van der Waals surface area contributed by atoms with Crippen LogP contribution < -0.4 is 11.1 Å². The van der Waals surface area contributed by atoms with E-state index in [9.17, 15) is 13.2 Å². The van der Waals surface area contributed by atoms with E-state index in [1.807, 2.05) is 29.1 Å². The number of nitrogens with zero attached hydrogens (tertiary/aromatic N) is 4. The Bertz CT molecular complexity index is 1230. The van der Waals surface area contributed by atoms with Crippen molar-refractivity contribution >= 4 is 33.3 Å². The highest BCUT2D eigenvalue weighted by molar-refractivity contribution is 7.21. The summed E-state index contributed by atoms with van der Waals surface area (Å²) in [6.45, 7) is 1.94. The van der Waals surface area contributed by atoms with E-state index in [-0.39, 0.29) is 0 Å². The molecule has 1 saturated heterocycles. The molecule has 32 heavy (non-hydrogen) atoms. The van der Waals surface area contributed by atoms with E-state index in [0.717, 1.165) is 45.0 Å². The van der Waals surface area contributed by atoms with Crippen LogP contribution in [0.1, 0.15) is 6.04 Å². The van der Waals surface area contributed by atoms with Crippen molar-refractivity contribution < 1.29 is 23.1 Å². The number of anilines is 1. The molecule has 0 bridgehead atoms. The van der Waals surface area contributed by atoms with Gasteiger partial charge in [0.2, 0.25) is 0 Å². The second-order valence-corrected chi connectivity index (χ2v) is 8.00. The molecule has 0 saturated carbocycles. The zero-order valence-electron chi connectivity index (χ0n) is 16.4. The summed E-state index contributed by atoms with van der Waals surface area (Å²) in [5.74, 6) is -2.26. The average Bonchev–Trinajstić information content (AvgIpc) is 3.34. The number of hydrogen-bond donors (Lipinski definition) is 3. The number of alkyl halides is 3. The summed E-state index contributed by atoms with van der Waals surface area (Å²) in [5.41, 5.74) is 10.0. The molecule has 5 rings (SSSR count). The summed E-state index contributed by atoms with van der Waals surface area (Å²) in [7, 11) is 0. The maximum absolute atomic E-state index is 10.6. The van der Waals surface area contributed by atoms with Crippen LogP contribution in [0, 0.1) is 0 Å². The molecule has 0 spiro atoms. The lowest BCUT2D eigenvalue weighted by molar-refractivity contribution is -0.192. The Morgan fingerprint density at radius 2 is 1.94 bits per heavy atom. The summed E-state index contributed by atoms with van der Waals surface area (Å²) in [6, 6.07) is 10.6. The Balaban J connectivity index is 0.000000307. The highest BCUT2D eigenvalue weighted by Gasteiger charge is 2.38. The minimum atomic E-state index is -5.08. The van der Waals surface area contributed by atoms with Gasteiger partial charge in [0, 0.05) is 36.6 Å². The minimum absolute atomic E-state index is 0.444. The number of benzene rings is 1. The van der Waals surface area contributed by atoms with Gasteiger partial charge in [-0.05, 0) is 18.2 Å². The second-order valence-electron chi connectivity index (χ2n) is 6.97. The van der Waals surface area contributed by atoms with E-state index in [4.69, 9.17) is 20.6 Å². The van der Waals surface area contributed by atoms with E-state index in [2.05, 4.69) is 33.7 Å². The number of aliphatic carboxylic acids is 1. The van der Waals surface area contributed by atoms with Gasteiger partial charge in [-0.2, -0.15) is 18.3 Å². The SMILES string of the molecule is Nc1ncc(-c2cnn(C3CNC3)c2)cc1-c1nc2ccccc2s1.O=C(O)C(F)(F)F. The van der Waals surface area contributed by atoms with Gasteiger partial charge in [-0.1, -0.05) is 12.1 Å². The molecule has 0 radical (unpaired) electrons. The van der Waals surface area contributed by atoms with Gasteiger partial charge in [0.05, 0.1) is 28.0 Å². The summed E-state index contributed by atoms with van der Waals surface area (Å²) < 4.78 is 34.9. The van der Waals surface area contributed by atoms with Crippen molar-refractivity contribution in [1.82, 2.24) is 25.1 Å². The van der Waals surface area contributed by atoms with Crippen LogP contribution in [-0.4, -0.2) is 50.1 Å². The molecule has 1 aliphatic rings. The molecule has 8 nitrogen and oxygen atoms in total. The molecular weight excluding hydrogens is 445 g/mol. The van der Waals surface area contributed by atoms with Gasteiger partial charge in [0.25, 0.3) is 0 Å². The van der Waals surface area contributed by atoms with Crippen molar-refractivity contribution in [3.63, 3.8) is 0 Å². The standard InChI is InChI=1S/C18H16N6S.C2HF3O2/c19-17-14(18-23-15-3-1-2-4-16(15)25-18)5-11(6-21-17)12-7-22-24(10-12)13-8-20-9-13;3-2(4,5)1(6)7/h1-7,10,13,20H,8-9H2,(H2,19,21);(H,6,7). The lowest BCUT2D eigenvalue weighted by Gasteiger charge is -2.27. The van der Waals surface area contributed by atoms with Gasteiger partial charge in [0.15, 0.2) is 0 Å². The molecule has 1 aromatic carbocycles. The fourth-order valence-electron chi connectivity index (χ4n) is 2.94. The summed E-state index contributed by atoms with van der Waals surface area (Å²) in [4.78, 5) is 18.0. The van der Waals surface area contributed by atoms with Crippen molar-refractivity contribution in [1.29, 1.82) is 0 Å². The smallest absolute Gasteiger partial charge is 0.475 e. The number of nitrogens with two attached hydrogens (primary N) is 1. The third-order valence-corrected chi connectivity index (χ3v) is 5.82. The highest BCUT2D eigenvalue weighted by atomic mass is 32.1. The first-order valence-electron chi connectivity index (χ1n) is 9.39. The first-order chi connectivity index (χ1) is 15.2. The third kappa shape index (κ3) is 4.55. The topological polar surface area (TPSA) is 119 Å². The van der Waals surface area contributed by atoms with Gasteiger partial charge in [0.1, 0.15) is 10.8 Å². The van der Waals surface area contributed by atoms with Crippen LogP contribution in [0.2, 0.25) is 0 Å². The Morgan fingerprint density at radius 3 is 2.56 bits per heavy atom. The van der Waals surface area contributed by atoms with Gasteiger partial charge in [-0.3, -0.25) is 4.68 Å². The fraction of sp³-hybridized carbons (Fsp3) is 0.200. The Kier molecular flexibility index (Phi) is 5.80. The molecule has 12 heteroatoms. The molecule has 4 N–H and O–H groups in total. The number of rotatable bonds is 3. The molecule has 0 amide bonds. The van der Waals surface area contributed by atoms with Crippen LogP contribution in [-0.2, 0) is 4.79 Å². The number of carboxylic acids is 1. The molecule has 1 fully saturated rings. The maximum atomic E-state index is 10.6. The number of aromatic nitrogens is 4. The van der Waals surface area contributed by atoms with Crippen LogP contribution in [0.3, 0.4) is 0 Å². The molecule has 4 heterocycles. The number of carboxylic acid groups (broad SMARTS) is 1. The van der Waals surface area contributed by atoms with Crippen molar-refractivity contribution in [2.24, 2.45) is 0 Å². The number of fused-ring (bicyclic) bond motifs is 1. The number of hydrogen-bond acceptors (Lipinski definition) is 7. The predicted molar refractivity (Wildman–Crippen MR) is 114 cm³/mol. The van der Waals surface area contributed by atoms with Crippen LogP contribution in [0.4, 0.5) is 19.0 Å². The highest BCUT2D eigenvalue weighted by Crippen LogP contribution is 2.35. The first-order valence-corrected chi connectivity index (χ1v) is 10.2. The number of carbonyl (C=O) groups is 1. The van der Waals surface area contributed by atoms with E-state index >= 15 is 0 Å². The molecule has 3 aromatic heterocycles. The quantitative estimate of drug-likeness (QED) is 0.426. The van der Waals surface area contributed by atoms with Gasteiger partial charge < -0.3 is 16.2 Å². The molecule has 0 atom stereocenters. The minimum Gasteiger partial charge on any atom is -0.475 e. The van der Waals surface area contributed by atoms with Crippen molar-refractivity contribution in [3.05, 3.63) is 48.9 Å². The van der Waals surface area contributed by atoms with Crippen molar-refractivity contribution in [3.8, 4) is 21.7 Å². The van der Waals surface area contributed by atoms with E-state index in [1.54, 1.807) is 17.5 Å². The molecule has 0 aliphatic carbocycles. The number of nitrogens with one attached hydrogen (secondary N) is 1. The molecular formula is C20H17F3N6O2S. The zero-order chi connectivity index (χ0) is 22.9. The number of para-hydroxylation sites is 1. The van der Waals surface area contributed by atoms with Crippen LogP contribution >= 0.6 is 11.3 Å². The number of pyridine rings is 1. The number of thiazole rings is 1. The van der Waals surface area contributed by atoms with Gasteiger partial charge >= 0.3 is 12.1 Å². The number of halogens is 3. The number of nitrogen functional groups attached to an aromatic ring is 1. The summed E-state index contributed by atoms with van der Waals surface area (Å²) in [6.07, 6.45) is 0.668. The van der Waals surface area contributed by atoms with E-state index in [1.165, 1.54) is 0 Å². The maximum Gasteiger partial charge on any atom is 0.490 e. The normalized spacial score (nSPS) is 14.0. The molecule has 166 valence electrons. The largest absolute Gasteiger partial charge is 0.490 e. The van der Waals surface area contributed by atoms with Crippen LogP contribution in [0.15, 0.2) is 48.9 Å². The molecule has 4 aromatic rings. The molecule has 1 aliphatic heterocycles. The fourth-order valence-corrected chi connectivity index (χ4v) is 3.93.